The predicted molar refractivity (Wildman–Crippen MR) is 68.6 cm³/mol. The molecule has 2 nitrogen and oxygen atoms in total. The van der Waals surface area contributed by atoms with Gasteiger partial charge in [-0.1, -0.05) is 0 Å². The summed E-state index contributed by atoms with van der Waals surface area (Å²) < 4.78 is 0. The van der Waals surface area contributed by atoms with Crippen LogP contribution in [0.3, 0.4) is 0 Å². The highest BCUT2D eigenvalue weighted by molar-refractivity contribution is 7.11. The van der Waals surface area contributed by atoms with E-state index in [1.807, 2.05) is 23.7 Å². The van der Waals surface area contributed by atoms with Crippen LogP contribution in [0.25, 0.3) is 0 Å². The lowest BCUT2D eigenvalue weighted by Crippen LogP contribution is -2.12. The molecule has 0 saturated carbocycles. The Balaban J connectivity index is 1.87. The standard InChI is InChI=1S/C13H16N2S/c1-10-7-14-6-5-12(10)8-15-9-13-4-3-11(2)16-13/h3-7,15H,8-9H2,1-2H3. The van der Waals surface area contributed by atoms with Crippen molar-refractivity contribution >= 4 is 11.3 Å². The Kier molecular flexibility index (Phi) is 3.70. The topological polar surface area (TPSA) is 24.9 Å². The molecular weight excluding hydrogens is 216 g/mol. The van der Waals surface area contributed by atoms with Crippen LogP contribution in [-0.2, 0) is 13.1 Å². The quantitative estimate of drug-likeness (QED) is 0.876. The zero-order valence-electron chi connectivity index (χ0n) is 9.66. The second-order valence-corrected chi connectivity index (χ2v) is 5.29. The lowest BCUT2D eigenvalue weighted by molar-refractivity contribution is 0.697. The Morgan fingerprint density at radius 3 is 2.75 bits per heavy atom. The zero-order valence-corrected chi connectivity index (χ0v) is 10.5. The van der Waals surface area contributed by atoms with E-state index in [0.717, 1.165) is 13.1 Å². The lowest BCUT2D eigenvalue weighted by atomic mass is 10.1. The largest absolute Gasteiger partial charge is 0.308 e. The van der Waals surface area contributed by atoms with E-state index in [-0.39, 0.29) is 0 Å². The number of aryl methyl sites for hydroxylation is 2. The van der Waals surface area contributed by atoms with Crippen molar-refractivity contribution in [3.05, 3.63) is 51.5 Å². The summed E-state index contributed by atoms with van der Waals surface area (Å²) in [4.78, 5) is 6.85. The first-order chi connectivity index (χ1) is 7.75. The third kappa shape index (κ3) is 2.90. The summed E-state index contributed by atoms with van der Waals surface area (Å²) in [5.41, 5.74) is 2.57. The van der Waals surface area contributed by atoms with E-state index in [0.29, 0.717) is 0 Å². The Labute approximate surface area is 100 Å². The Morgan fingerprint density at radius 2 is 2.06 bits per heavy atom. The molecule has 0 bridgehead atoms. The van der Waals surface area contributed by atoms with E-state index in [4.69, 9.17) is 0 Å². The van der Waals surface area contributed by atoms with Crippen molar-refractivity contribution in [3.63, 3.8) is 0 Å². The van der Waals surface area contributed by atoms with Gasteiger partial charge >= 0.3 is 0 Å². The molecule has 0 aromatic carbocycles. The molecule has 0 radical (unpaired) electrons. The molecular formula is C13H16N2S. The van der Waals surface area contributed by atoms with Crippen LogP contribution in [0, 0.1) is 13.8 Å². The number of aromatic nitrogens is 1. The number of nitrogens with one attached hydrogen (secondary N) is 1. The monoisotopic (exact) mass is 232 g/mol. The highest BCUT2D eigenvalue weighted by Gasteiger charge is 1.99. The average Bonchev–Trinajstić information content (AvgIpc) is 2.67. The van der Waals surface area contributed by atoms with E-state index in [9.17, 15) is 0 Å². The summed E-state index contributed by atoms with van der Waals surface area (Å²) in [6, 6.07) is 6.42. The summed E-state index contributed by atoms with van der Waals surface area (Å²) in [5.74, 6) is 0. The molecule has 3 heteroatoms. The van der Waals surface area contributed by atoms with Crippen LogP contribution in [-0.4, -0.2) is 4.98 Å². The van der Waals surface area contributed by atoms with Gasteiger partial charge in [-0.3, -0.25) is 4.98 Å². The Hall–Kier alpha value is -1.19. The Bertz CT molecular complexity index is 462. The van der Waals surface area contributed by atoms with E-state index in [1.165, 1.54) is 20.9 Å². The molecule has 0 aliphatic heterocycles. The van der Waals surface area contributed by atoms with Gasteiger partial charge in [-0.15, -0.1) is 11.3 Å². The molecule has 2 rings (SSSR count). The maximum absolute atomic E-state index is 4.09. The fourth-order valence-electron chi connectivity index (χ4n) is 1.60. The molecule has 2 aromatic rings. The summed E-state index contributed by atoms with van der Waals surface area (Å²) in [7, 11) is 0. The van der Waals surface area contributed by atoms with Crippen LogP contribution >= 0.6 is 11.3 Å². The van der Waals surface area contributed by atoms with Gasteiger partial charge in [0.1, 0.15) is 0 Å². The summed E-state index contributed by atoms with van der Waals surface area (Å²) >= 11 is 1.85. The minimum absolute atomic E-state index is 0.908. The van der Waals surface area contributed by atoms with Crippen LogP contribution < -0.4 is 5.32 Å². The third-order valence-electron chi connectivity index (χ3n) is 2.55. The summed E-state index contributed by atoms with van der Waals surface area (Å²) in [6.45, 7) is 6.09. The zero-order chi connectivity index (χ0) is 11.4. The van der Waals surface area contributed by atoms with Gasteiger partial charge in [-0.25, -0.2) is 0 Å². The first-order valence-corrected chi connectivity index (χ1v) is 6.23. The molecule has 0 aliphatic carbocycles. The summed E-state index contributed by atoms with van der Waals surface area (Å²) in [5, 5.41) is 3.45. The maximum Gasteiger partial charge on any atom is 0.0303 e. The second kappa shape index (κ2) is 5.23. The van der Waals surface area contributed by atoms with Crippen molar-refractivity contribution in [1.82, 2.24) is 10.3 Å². The average molecular weight is 232 g/mol. The summed E-state index contributed by atoms with van der Waals surface area (Å²) in [6.07, 6.45) is 3.76. The molecule has 0 atom stereocenters. The molecule has 0 spiro atoms. The molecule has 0 fully saturated rings. The van der Waals surface area contributed by atoms with Gasteiger partial charge in [0.2, 0.25) is 0 Å². The van der Waals surface area contributed by atoms with Crippen LogP contribution in [0.2, 0.25) is 0 Å². The smallest absolute Gasteiger partial charge is 0.0303 e. The molecule has 0 saturated heterocycles. The number of hydrogen-bond acceptors (Lipinski definition) is 3. The van der Waals surface area contributed by atoms with E-state index < -0.39 is 0 Å². The molecule has 16 heavy (non-hydrogen) atoms. The van der Waals surface area contributed by atoms with Crippen molar-refractivity contribution in [1.29, 1.82) is 0 Å². The van der Waals surface area contributed by atoms with E-state index >= 15 is 0 Å². The number of nitrogens with zero attached hydrogens (tertiary/aromatic N) is 1. The first-order valence-electron chi connectivity index (χ1n) is 5.41. The molecule has 84 valence electrons. The van der Waals surface area contributed by atoms with Crippen LogP contribution in [0.1, 0.15) is 20.9 Å². The van der Waals surface area contributed by atoms with Gasteiger partial charge in [0.25, 0.3) is 0 Å². The van der Waals surface area contributed by atoms with Crippen molar-refractivity contribution in [2.45, 2.75) is 26.9 Å². The van der Waals surface area contributed by atoms with E-state index in [1.54, 1.807) is 0 Å². The number of hydrogen-bond donors (Lipinski definition) is 1. The highest BCUT2D eigenvalue weighted by Crippen LogP contribution is 2.14. The highest BCUT2D eigenvalue weighted by atomic mass is 32.1. The number of pyridine rings is 1. The Morgan fingerprint density at radius 1 is 1.19 bits per heavy atom. The SMILES string of the molecule is Cc1ccc(CNCc2ccncc2C)s1. The van der Waals surface area contributed by atoms with Gasteiger partial charge in [-0.2, -0.15) is 0 Å². The fourth-order valence-corrected chi connectivity index (χ4v) is 2.46. The molecule has 0 unspecified atom stereocenters. The van der Waals surface area contributed by atoms with Crippen LogP contribution in [0.4, 0.5) is 0 Å². The van der Waals surface area contributed by atoms with Crippen LogP contribution in [0.5, 0.6) is 0 Å². The molecule has 0 amide bonds. The molecule has 0 aliphatic rings. The normalized spacial score (nSPS) is 10.6. The van der Waals surface area contributed by atoms with Gasteiger partial charge in [0.05, 0.1) is 0 Å². The van der Waals surface area contributed by atoms with E-state index in [2.05, 4.69) is 42.3 Å². The number of thiophene rings is 1. The van der Waals surface area contributed by atoms with Gasteiger partial charge in [0, 0.05) is 35.2 Å². The van der Waals surface area contributed by atoms with Crippen molar-refractivity contribution in [2.24, 2.45) is 0 Å². The molecule has 2 heterocycles. The number of rotatable bonds is 4. The third-order valence-corrected chi connectivity index (χ3v) is 3.55. The fraction of sp³-hybridized carbons (Fsp3) is 0.308. The van der Waals surface area contributed by atoms with Gasteiger partial charge in [-0.05, 0) is 43.2 Å². The minimum atomic E-state index is 0.908. The molecule has 1 N–H and O–H groups in total. The second-order valence-electron chi connectivity index (χ2n) is 3.92. The predicted octanol–water partition coefficient (Wildman–Crippen LogP) is 3.05. The lowest BCUT2D eigenvalue weighted by Gasteiger charge is -2.05. The maximum atomic E-state index is 4.09. The van der Waals surface area contributed by atoms with Gasteiger partial charge in [0.15, 0.2) is 0 Å². The van der Waals surface area contributed by atoms with Crippen molar-refractivity contribution in [3.8, 4) is 0 Å². The minimum Gasteiger partial charge on any atom is -0.308 e. The van der Waals surface area contributed by atoms with Crippen molar-refractivity contribution in [2.75, 3.05) is 0 Å². The first kappa shape index (κ1) is 11.3. The van der Waals surface area contributed by atoms with Gasteiger partial charge < -0.3 is 5.32 Å². The van der Waals surface area contributed by atoms with Crippen molar-refractivity contribution < 1.29 is 0 Å². The van der Waals surface area contributed by atoms with Crippen LogP contribution in [0.15, 0.2) is 30.6 Å². The molecule has 2 aromatic heterocycles.